The van der Waals surface area contributed by atoms with Gasteiger partial charge in [0.15, 0.2) is 81.9 Å². The van der Waals surface area contributed by atoms with Gasteiger partial charge in [-0.05, 0) is 18.2 Å². The van der Waals surface area contributed by atoms with Crippen molar-refractivity contribution in [3.63, 3.8) is 0 Å². The number of cyclic esters (lactones) is 1. The first-order valence-electron chi connectivity index (χ1n) is 21.5. The number of phenolic OH excluding ortho intramolecular Hbond substituents is 15. The number of aliphatic hydroxyl groups excluding tert-OH is 3. The molecule has 19 N–H and O–H groups in total. The maximum Gasteiger partial charge on any atom is 0.340 e. The molecule has 0 aliphatic carbocycles. The standard InChI is InChI=1S/C46H34O30/c47-9-1-6-14(28(55)24(9)51)15-7(2-10(48)25(52)29(15)56)43(67)74-37-13(5-71-41(6)65)73-42(66)8-3-11(49)26(53)30(57)16(8)17-20-18(32(59)35(62)31(17)58)19-21-22(34(61)36(63)33(19)60)23(38(75-45(21)69)39(37)76-44(20)68)46(70)40(64)27(54)12(50)4-72-46/h1-3,12-13,23,27,37-40,47-64,70H,4-5H2/t12-,13-,23-,27+,37-,38+,39+,40+,46+/m1/s1. The molecule has 6 bridgehead atoms. The van der Waals surface area contributed by atoms with Crippen molar-refractivity contribution in [3.05, 3.63) is 51.6 Å². The van der Waals surface area contributed by atoms with Gasteiger partial charge in [-0.3, -0.25) is 0 Å². The molecule has 0 radical (unpaired) electrons. The smallest absolute Gasteiger partial charge is 0.340 e. The molecule has 6 aliphatic rings. The molecule has 6 aliphatic heterocycles. The van der Waals surface area contributed by atoms with Gasteiger partial charge in [0.2, 0.25) is 34.5 Å². The summed E-state index contributed by atoms with van der Waals surface area (Å²) in [5, 5.41) is 214. The fourth-order valence-corrected chi connectivity index (χ4v) is 9.99. The highest BCUT2D eigenvalue weighted by Gasteiger charge is 2.65. The lowest BCUT2D eigenvalue weighted by Crippen LogP contribution is -2.68. The van der Waals surface area contributed by atoms with Crippen LogP contribution in [0.3, 0.4) is 0 Å². The average molecular weight is 1070 g/mol. The summed E-state index contributed by atoms with van der Waals surface area (Å²) in [7, 11) is 0. The van der Waals surface area contributed by atoms with E-state index in [0.717, 1.165) is 0 Å². The molecule has 6 heterocycles. The third-order valence-corrected chi connectivity index (χ3v) is 13.6. The second kappa shape index (κ2) is 16.6. The summed E-state index contributed by atoms with van der Waals surface area (Å²) >= 11 is 0. The third-order valence-electron chi connectivity index (χ3n) is 13.6. The summed E-state index contributed by atoms with van der Waals surface area (Å²) in [5.74, 6) is -40.7. The van der Waals surface area contributed by atoms with Crippen molar-refractivity contribution in [1.29, 1.82) is 0 Å². The van der Waals surface area contributed by atoms with E-state index in [-0.39, 0.29) is 12.1 Å². The van der Waals surface area contributed by atoms with Gasteiger partial charge in [0.05, 0.1) is 40.3 Å². The van der Waals surface area contributed by atoms with Gasteiger partial charge in [-0.25, -0.2) is 24.0 Å². The second-order valence-electron chi connectivity index (χ2n) is 17.6. The Morgan fingerprint density at radius 3 is 1.32 bits per heavy atom. The summed E-state index contributed by atoms with van der Waals surface area (Å²) in [6.07, 6.45) is -19.3. The molecule has 0 saturated carbocycles. The molecule has 5 aromatic carbocycles. The van der Waals surface area contributed by atoms with Crippen LogP contribution in [-0.2, 0) is 28.4 Å². The molecule has 1 fully saturated rings. The van der Waals surface area contributed by atoms with Crippen molar-refractivity contribution in [2.45, 2.75) is 54.4 Å². The van der Waals surface area contributed by atoms with E-state index < -0.39 is 250 Å². The number of esters is 5. The van der Waals surface area contributed by atoms with Gasteiger partial charge in [0.1, 0.15) is 24.9 Å². The Kier molecular flexibility index (Phi) is 10.9. The van der Waals surface area contributed by atoms with Crippen LogP contribution in [0.5, 0.6) is 86.2 Å². The zero-order chi connectivity index (χ0) is 55.4. The van der Waals surface area contributed by atoms with E-state index in [4.69, 9.17) is 28.4 Å². The first-order chi connectivity index (χ1) is 35.7. The number of benzene rings is 5. The van der Waals surface area contributed by atoms with E-state index in [1.165, 1.54) is 0 Å². The molecule has 1 saturated heterocycles. The summed E-state index contributed by atoms with van der Waals surface area (Å²) < 4.78 is 34.0. The first kappa shape index (κ1) is 49.8. The van der Waals surface area contributed by atoms with Gasteiger partial charge in [0, 0.05) is 38.9 Å². The van der Waals surface area contributed by atoms with Gasteiger partial charge in [-0.15, -0.1) is 0 Å². The number of hydrogen-bond donors (Lipinski definition) is 19. The van der Waals surface area contributed by atoms with Crippen LogP contribution in [-0.4, -0.2) is 189 Å². The topological polar surface area (TPSA) is 525 Å². The minimum atomic E-state index is -3.72. The number of aliphatic hydroxyl groups is 4. The fourth-order valence-electron chi connectivity index (χ4n) is 9.99. The molecule has 0 aromatic heterocycles. The largest absolute Gasteiger partial charge is 0.504 e. The van der Waals surface area contributed by atoms with Crippen molar-refractivity contribution in [2.24, 2.45) is 0 Å². The second-order valence-corrected chi connectivity index (χ2v) is 17.6. The summed E-state index contributed by atoms with van der Waals surface area (Å²) in [5.41, 5.74) is -16.3. The van der Waals surface area contributed by atoms with E-state index in [1.54, 1.807) is 0 Å². The van der Waals surface area contributed by atoms with E-state index in [2.05, 4.69) is 0 Å². The Bertz CT molecular complexity index is 3510. The predicted molar refractivity (Wildman–Crippen MR) is 233 cm³/mol. The quantitative estimate of drug-likeness (QED) is 0.0553. The number of phenols is 15. The normalized spacial score (nSPS) is 25.7. The molecule has 11 rings (SSSR count). The van der Waals surface area contributed by atoms with Gasteiger partial charge < -0.3 is 125 Å². The number of hydrogen-bond acceptors (Lipinski definition) is 30. The van der Waals surface area contributed by atoms with Crippen molar-refractivity contribution in [3.8, 4) is 120 Å². The molecular formula is C46H34O30. The Morgan fingerprint density at radius 2 is 0.789 bits per heavy atom. The van der Waals surface area contributed by atoms with Crippen molar-refractivity contribution < 1.29 is 149 Å². The van der Waals surface area contributed by atoms with Crippen LogP contribution < -0.4 is 0 Å². The summed E-state index contributed by atoms with van der Waals surface area (Å²) in [6, 6.07) is 0.916. The van der Waals surface area contributed by atoms with Crippen LogP contribution in [0, 0.1) is 0 Å². The highest BCUT2D eigenvalue weighted by molar-refractivity contribution is 6.16. The molecule has 30 nitrogen and oxygen atoms in total. The zero-order valence-corrected chi connectivity index (χ0v) is 37.3. The van der Waals surface area contributed by atoms with Crippen molar-refractivity contribution in [1.82, 2.24) is 0 Å². The van der Waals surface area contributed by atoms with Gasteiger partial charge in [-0.2, -0.15) is 0 Å². The number of aromatic hydroxyl groups is 15. The molecule has 30 heteroatoms. The molecule has 0 spiro atoms. The van der Waals surface area contributed by atoms with Crippen LogP contribution in [0.2, 0.25) is 0 Å². The van der Waals surface area contributed by atoms with E-state index in [9.17, 15) is 111 Å². The average Bonchev–Trinajstić information content (AvgIpc) is 3.44. The van der Waals surface area contributed by atoms with Crippen LogP contribution in [0.15, 0.2) is 18.2 Å². The molecule has 0 unspecified atom stereocenters. The highest BCUT2D eigenvalue weighted by atomic mass is 16.7. The Balaban J connectivity index is 1.39. The molecular weight excluding hydrogens is 1030 g/mol. The Labute approximate surface area is 417 Å². The Morgan fingerprint density at radius 1 is 0.395 bits per heavy atom. The lowest BCUT2D eigenvalue weighted by molar-refractivity contribution is -0.341. The maximum atomic E-state index is 15.5. The number of ether oxygens (including phenoxy) is 6. The number of carbonyl (C=O) groups excluding carboxylic acids is 5. The number of fused-ring (bicyclic) bond motifs is 7. The minimum absolute atomic E-state index is 0.271. The monoisotopic (exact) mass is 1070 g/mol. The summed E-state index contributed by atoms with van der Waals surface area (Å²) in [6.45, 7) is -2.84. The van der Waals surface area contributed by atoms with Crippen LogP contribution in [0.4, 0.5) is 0 Å². The van der Waals surface area contributed by atoms with Crippen molar-refractivity contribution in [2.75, 3.05) is 13.2 Å². The van der Waals surface area contributed by atoms with E-state index in [1.807, 2.05) is 0 Å². The fraction of sp³-hybridized carbons (Fsp3) is 0.239. The zero-order valence-electron chi connectivity index (χ0n) is 37.3. The highest BCUT2D eigenvalue weighted by Crippen LogP contribution is 2.63. The Hall–Kier alpha value is -9.75. The lowest BCUT2D eigenvalue weighted by Gasteiger charge is -2.51. The molecule has 76 heavy (non-hydrogen) atoms. The van der Waals surface area contributed by atoms with Gasteiger partial charge in [-0.1, -0.05) is 0 Å². The molecule has 5 aromatic rings. The van der Waals surface area contributed by atoms with Crippen molar-refractivity contribution >= 4 is 29.8 Å². The number of rotatable bonds is 1. The van der Waals surface area contributed by atoms with E-state index >= 15 is 9.59 Å². The third kappa shape index (κ3) is 6.61. The first-order valence-corrected chi connectivity index (χ1v) is 21.5. The van der Waals surface area contributed by atoms with Crippen LogP contribution in [0.1, 0.15) is 63.3 Å². The minimum Gasteiger partial charge on any atom is -0.504 e. The number of carbonyl (C=O) groups is 5. The molecule has 0 amide bonds. The van der Waals surface area contributed by atoms with Crippen LogP contribution >= 0.6 is 0 Å². The SMILES string of the molecule is O=C1OC[C@H]2OC(=O)c3cc(O)c(O)c(O)c3-c3c(O)c(O)c(O)c4c3C(=O)O[C@H]([C@H]3OC(=O)c5c-4c(O)c(O)c(O)c5[C@H]3[C@]3(O)OC[C@@H](O)[C@H](O)[C@@H]3O)[C@@H]2OC(=O)c2cc(O)c(O)c(O)c2-c2c1cc(O)c(O)c2O. The maximum absolute atomic E-state index is 15.5. The lowest BCUT2D eigenvalue weighted by atomic mass is 9.71. The van der Waals surface area contributed by atoms with Crippen LogP contribution in [0.25, 0.3) is 33.4 Å². The van der Waals surface area contributed by atoms with E-state index in [0.29, 0.717) is 6.07 Å². The predicted octanol–water partition coefficient (Wildman–Crippen LogP) is -0.830. The molecule has 398 valence electrons. The summed E-state index contributed by atoms with van der Waals surface area (Å²) in [4.78, 5) is 74.4. The molecule has 9 atom stereocenters. The van der Waals surface area contributed by atoms with Gasteiger partial charge >= 0.3 is 29.8 Å². The van der Waals surface area contributed by atoms with Gasteiger partial charge in [0.25, 0.3) is 0 Å².